The lowest BCUT2D eigenvalue weighted by Crippen LogP contribution is -2.41. The van der Waals surface area contributed by atoms with Gasteiger partial charge in [0.2, 0.25) is 10.0 Å². The van der Waals surface area contributed by atoms with Gasteiger partial charge in [-0.05, 0) is 18.6 Å². The van der Waals surface area contributed by atoms with Gasteiger partial charge in [-0.25, -0.2) is 13.1 Å². The van der Waals surface area contributed by atoms with E-state index in [1.165, 1.54) is 0 Å². The van der Waals surface area contributed by atoms with Crippen molar-refractivity contribution in [2.45, 2.75) is 17.7 Å². The molecular formula is C12H20N2O4S2. The van der Waals surface area contributed by atoms with Crippen molar-refractivity contribution in [3.8, 4) is 0 Å². The number of rotatable bonds is 6. The maximum absolute atomic E-state index is 12.1. The first-order valence-corrected chi connectivity index (χ1v) is 8.83. The molecule has 1 aliphatic rings. The van der Waals surface area contributed by atoms with E-state index in [1.54, 1.807) is 13.0 Å². The summed E-state index contributed by atoms with van der Waals surface area (Å²) in [6.07, 6.45) is 0. The molecule has 0 bridgehead atoms. The molecule has 20 heavy (non-hydrogen) atoms. The first-order valence-electron chi connectivity index (χ1n) is 6.53. The van der Waals surface area contributed by atoms with Crippen molar-refractivity contribution in [2.75, 3.05) is 39.4 Å². The Morgan fingerprint density at radius 2 is 2.15 bits per heavy atom. The lowest BCUT2D eigenvalue weighted by Gasteiger charge is -2.26. The highest BCUT2D eigenvalue weighted by Crippen LogP contribution is 2.25. The number of aliphatic hydroxyl groups is 1. The molecule has 0 amide bonds. The summed E-state index contributed by atoms with van der Waals surface area (Å²) >= 11 is 1.12. The zero-order chi connectivity index (χ0) is 14.6. The topological polar surface area (TPSA) is 78.9 Å². The van der Waals surface area contributed by atoms with Crippen LogP contribution in [-0.4, -0.2) is 57.8 Å². The lowest BCUT2D eigenvalue weighted by atomic mass is 10.3. The highest BCUT2D eigenvalue weighted by atomic mass is 32.2. The molecule has 0 aliphatic carbocycles. The minimum Gasteiger partial charge on any atom is -0.391 e. The van der Waals surface area contributed by atoms with Gasteiger partial charge in [0.15, 0.2) is 0 Å². The van der Waals surface area contributed by atoms with Crippen LogP contribution in [0.1, 0.15) is 10.4 Å². The molecule has 2 rings (SSSR count). The molecule has 114 valence electrons. The number of morpholine rings is 1. The molecule has 0 aromatic carbocycles. The van der Waals surface area contributed by atoms with Crippen LogP contribution < -0.4 is 4.72 Å². The van der Waals surface area contributed by atoms with Crippen molar-refractivity contribution < 1.29 is 18.3 Å². The molecule has 2 heterocycles. The maximum Gasteiger partial charge on any atom is 0.250 e. The Morgan fingerprint density at radius 1 is 1.45 bits per heavy atom. The summed E-state index contributed by atoms with van der Waals surface area (Å²) in [6, 6.07) is 1.60. The maximum atomic E-state index is 12.1. The minimum absolute atomic E-state index is 0.125. The monoisotopic (exact) mass is 320 g/mol. The average molecular weight is 320 g/mol. The number of thiophene rings is 1. The second-order valence-corrected chi connectivity index (χ2v) is 7.81. The van der Waals surface area contributed by atoms with E-state index >= 15 is 0 Å². The van der Waals surface area contributed by atoms with Crippen molar-refractivity contribution in [3.63, 3.8) is 0 Å². The molecule has 0 radical (unpaired) electrons. The molecule has 8 heteroatoms. The molecule has 0 unspecified atom stereocenters. The van der Waals surface area contributed by atoms with Crippen LogP contribution in [0, 0.1) is 6.92 Å². The van der Waals surface area contributed by atoms with Crippen LogP contribution in [0.3, 0.4) is 0 Å². The Kier molecular flexibility index (Phi) is 5.53. The van der Waals surface area contributed by atoms with Crippen LogP contribution in [0.15, 0.2) is 10.3 Å². The van der Waals surface area contributed by atoms with E-state index in [1.807, 2.05) is 0 Å². The Hall–Kier alpha value is -0.510. The predicted octanol–water partition coefficient (Wildman–Crippen LogP) is 0.159. The number of nitrogens with zero attached hydrogens (tertiary/aromatic N) is 1. The molecule has 1 aromatic heterocycles. The van der Waals surface area contributed by atoms with Crippen molar-refractivity contribution in [1.82, 2.24) is 9.62 Å². The smallest absolute Gasteiger partial charge is 0.250 e. The van der Waals surface area contributed by atoms with Crippen molar-refractivity contribution in [3.05, 3.63) is 16.5 Å². The second kappa shape index (κ2) is 6.97. The van der Waals surface area contributed by atoms with Crippen LogP contribution >= 0.6 is 11.3 Å². The van der Waals surface area contributed by atoms with Gasteiger partial charge in [0.1, 0.15) is 4.21 Å². The fourth-order valence-electron chi connectivity index (χ4n) is 2.01. The summed E-state index contributed by atoms with van der Waals surface area (Å²) in [7, 11) is -3.47. The summed E-state index contributed by atoms with van der Waals surface area (Å²) in [5.74, 6) is 0. The molecular weight excluding hydrogens is 300 g/mol. The van der Waals surface area contributed by atoms with E-state index in [0.29, 0.717) is 31.2 Å². The lowest BCUT2D eigenvalue weighted by molar-refractivity contribution is 0.0390. The van der Waals surface area contributed by atoms with E-state index in [2.05, 4.69) is 9.62 Å². The summed E-state index contributed by atoms with van der Waals surface area (Å²) in [4.78, 5) is 2.86. The van der Waals surface area contributed by atoms with Crippen molar-refractivity contribution in [1.29, 1.82) is 0 Å². The number of nitrogens with one attached hydrogen (secondary N) is 1. The molecule has 0 spiro atoms. The SMILES string of the molecule is Cc1cc(S(=O)(=O)NCCN2CCOCC2)sc1CO. The van der Waals surface area contributed by atoms with Gasteiger partial charge in [-0.3, -0.25) is 4.90 Å². The quantitative estimate of drug-likeness (QED) is 0.780. The van der Waals surface area contributed by atoms with Crippen LogP contribution in [0.5, 0.6) is 0 Å². The number of ether oxygens (including phenoxy) is 1. The van der Waals surface area contributed by atoms with Gasteiger partial charge in [-0.1, -0.05) is 0 Å². The molecule has 6 nitrogen and oxygen atoms in total. The van der Waals surface area contributed by atoms with Gasteiger partial charge in [0, 0.05) is 31.1 Å². The van der Waals surface area contributed by atoms with Crippen molar-refractivity contribution in [2.24, 2.45) is 0 Å². The molecule has 1 saturated heterocycles. The normalized spacial score (nSPS) is 17.5. The zero-order valence-electron chi connectivity index (χ0n) is 11.5. The number of hydrogen-bond donors (Lipinski definition) is 2. The number of aliphatic hydroxyl groups excluding tert-OH is 1. The summed E-state index contributed by atoms with van der Waals surface area (Å²) in [5.41, 5.74) is 0.811. The Labute approximate surface area is 123 Å². The van der Waals surface area contributed by atoms with Crippen LogP contribution in [0.4, 0.5) is 0 Å². The molecule has 0 saturated carbocycles. The van der Waals surface area contributed by atoms with Gasteiger partial charge in [-0.2, -0.15) is 0 Å². The highest BCUT2D eigenvalue weighted by molar-refractivity contribution is 7.91. The molecule has 1 fully saturated rings. The summed E-state index contributed by atoms with van der Waals surface area (Å²) in [5, 5.41) is 9.12. The van der Waals surface area contributed by atoms with Gasteiger partial charge < -0.3 is 9.84 Å². The van der Waals surface area contributed by atoms with E-state index in [0.717, 1.165) is 30.0 Å². The van der Waals surface area contributed by atoms with Crippen LogP contribution in [-0.2, 0) is 21.4 Å². The highest BCUT2D eigenvalue weighted by Gasteiger charge is 2.19. The van der Waals surface area contributed by atoms with E-state index in [4.69, 9.17) is 9.84 Å². The zero-order valence-corrected chi connectivity index (χ0v) is 13.1. The summed E-state index contributed by atoms with van der Waals surface area (Å²) in [6.45, 7) is 5.83. The number of hydrogen-bond acceptors (Lipinski definition) is 6. The van der Waals surface area contributed by atoms with Gasteiger partial charge in [0.25, 0.3) is 0 Å². The third kappa shape index (κ3) is 4.00. The largest absolute Gasteiger partial charge is 0.391 e. The fourth-order valence-corrected chi connectivity index (χ4v) is 4.53. The Bertz CT molecular complexity index is 536. The van der Waals surface area contributed by atoms with Gasteiger partial charge >= 0.3 is 0 Å². The second-order valence-electron chi connectivity index (χ2n) is 4.68. The fraction of sp³-hybridized carbons (Fsp3) is 0.667. The number of aryl methyl sites for hydroxylation is 1. The van der Waals surface area contributed by atoms with Crippen molar-refractivity contribution >= 4 is 21.4 Å². The third-order valence-corrected chi connectivity index (χ3v) is 6.39. The van der Waals surface area contributed by atoms with E-state index < -0.39 is 10.0 Å². The first kappa shape index (κ1) is 15.9. The average Bonchev–Trinajstić information content (AvgIpc) is 2.82. The molecule has 1 aromatic rings. The molecule has 1 aliphatic heterocycles. The van der Waals surface area contributed by atoms with Gasteiger partial charge in [-0.15, -0.1) is 11.3 Å². The Balaban J connectivity index is 1.89. The van der Waals surface area contributed by atoms with Crippen LogP contribution in [0.25, 0.3) is 0 Å². The third-order valence-electron chi connectivity index (χ3n) is 3.23. The molecule has 2 N–H and O–H groups in total. The summed E-state index contributed by atoms with van der Waals surface area (Å²) < 4.78 is 32.4. The predicted molar refractivity (Wildman–Crippen MR) is 77.4 cm³/mol. The number of sulfonamides is 1. The minimum atomic E-state index is -3.47. The van der Waals surface area contributed by atoms with Crippen LogP contribution in [0.2, 0.25) is 0 Å². The van der Waals surface area contributed by atoms with E-state index in [-0.39, 0.29) is 10.8 Å². The van der Waals surface area contributed by atoms with Gasteiger partial charge in [0.05, 0.1) is 19.8 Å². The first-order chi connectivity index (χ1) is 9.53. The van der Waals surface area contributed by atoms with E-state index in [9.17, 15) is 8.42 Å². The Morgan fingerprint density at radius 3 is 2.75 bits per heavy atom. The molecule has 0 atom stereocenters. The standard InChI is InChI=1S/C12H20N2O4S2/c1-10-8-12(19-11(10)9-15)20(16,17)13-2-3-14-4-6-18-7-5-14/h8,13,15H,2-7,9H2,1H3.